The lowest BCUT2D eigenvalue weighted by atomic mass is 9.96. The third-order valence-corrected chi connectivity index (χ3v) is 6.41. The fourth-order valence-corrected chi connectivity index (χ4v) is 5.27. The molecule has 1 aromatic heterocycles. The third-order valence-electron chi connectivity index (χ3n) is 4.84. The molecule has 0 radical (unpaired) electrons. The molecule has 0 saturated carbocycles. The first-order valence-electron chi connectivity index (χ1n) is 9.18. The Morgan fingerprint density at radius 2 is 1.93 bits per heavy atom. The summed E-state index contributed by atoms with van der Waals surface area (Å²) in [6.07, 6.45) is 0.818. The van der Waals surface area contributed by atoms with Gasteiger partial charge in [0.15, 0.2) is 0 Å². The van der Waals surface area contributed by atoms with Crippen LogP contribution in [0, 0.1) is 13.8 Å². The Kier molecular flexibility index (Phi) is 5.51. The molecule has 0 aliphatic carbocycles. The second-order valence-electron chi connectivity index (χ2n) is 7.65. The zero-order chi connectivity index (χ0) is 20.6. The Hall–Kier alpha value is -2.36. The molecule has 3 rings (SSSR count). The monoisotopic (exact) mass is 407 g/mol. The van der Waals surface area contributed by atoms with Gasteiger partial charge in [-0.25, -0.2) is 14.8 Å². The van der Waals surface area contributed by atoms with Gasteiger partial charge in [-0.3, -0.25) is 9.59 Å². The largest absolute Gasteiger partial charge is 0.480 e. The van der Waals surface area contributed by atoms with Crippen LogP contribution >= 0.6 is 11.8 Å². The van der Waals surface area contributed by atoms with Crippen molar-refractivity contribution in [3.05, 3.63) is 17.5 Å². The first-order chi connectivity index (χ1) is 13.1. The van der Waals surface area contributed by atoms with Crippen molar-refractivity contribution in [2.24, 2.45) is 0 Å². The Bertz CT molecular complexity index is 795. The molecule has 0 spiro atoms. The van der Waals surface area contributed by atoms with Crippen molar-refractivity contribution in [2.75, 3.05) is 11.9 Å². The Morgan fingerprint density at radius 3 is 2.54 bits per heavy atom. The number of hydrogen-bond donors (Lipinski definition) is 3. The number of carbonyl (C=O) groups is 3. The van der Waals surface area contributed by atoms with Gasteiger partial charge in [0.2, 0.25) is 17.8 Å². The average molecular weight is 407 g/mol. The molecule has 3 atom stereocenters. The van der Waals surface area contributed by atoms with Crippen molar-refractivity contribution in [3.63, 3.8) is 0 Å². The summed E-state index contributed by atoms with van der Waals surface area (Å²) in [4.78, 5) is 46.0. The van der Waals surface area contributed by atoms with Gasteiger partial charge >= 0.3 is 5.97 Å². The fourth-order valence-electron chi connectivity index (χ4n) is 3.65. The van der Waals surface area contributed by atoms with Gasteiger partial charge in [-0.2, -0.15) is 0 Å². The smallest absolute Gasteiger partial charge is 0.327 e. The molecule has 3 N–H and O–H groups in total. The fraction of sp³-hybridized carbons (Fsp3) is 0.611. The Labute approximate surface area is 167 Å². The molecule has 2 saturated heterocycles. The predicted molar refractivity (Wildman–Crippen MR) is 105 cm³/mol. The van der Waals surface area contributed by atoms with Gasteiger partial charge in [0.05, 0.1) is 0 Å². The van der Waals surface area contributed by atoms with Crippen molar-refractivity contribution >= 4 is 35.5 Å². The van der Waals surface area contributed by atoms with E-state index < -0.39 is 22.8 Å². The minimum Gasteiger partial charge on any atom is -0.480 e. The summed E-state index contributed by atoms with van der Waals surface area (Å²) in [5, 5.41) is 14.9. The van der Waals surface area contributed by atoms with Gasteiger partial charge in [-0.05, 0) is 40.2 Å². The summed E-state index contributed by atoms with van der Waals surface area (Å²) >= 11 is 1.42. The number of amides is 2. The van der Waals surface area contributed by atoms with Crippen molar-refractivity contribution in [2.45, 2.75) is 62.7 Å². The number of β-lactam (4-membered cyclic amide) rings is 1. The molecule has 2 fully saturated rings. The minimum atomic E-state index is -1.02. The number of carboxylic acid groups (broad SMARTS) is 1. The zero-order valence-electron chi connectivity index (χ0n) is 16.4. The second-order valence-corrected chi connectivity index (χ2v) is 9.42. The molecule has 1 aromatic rings. The average Bonchev–Trinajstić information content (AvgIpc) is 2.84. The molecule has 0 aromatic carbocycles. The lowest BCUT2D eigenvalue weighted by Crippen LogP contribution is -2.70. The number of carboxylic acids is 1. The molecule has 28 heavy (non-hydrogen) atoms. The number of hydrogen-bond acceptors (Lipinski definition) is 7. The van der Waals surface area contributed by atoms with E-state index in [0.717, 1.165) is 11.4 Å². The number of nitrogens with one attached hydrogen (secondary N) is 2. The number of carbonyl (C=O) groups excluding carboxylic acids is 2. The molecule has 10 heteroatoms. The van der Waals surface area contributed by atoms with Gasteiger partial charge in [-0.1, -0.05) is 0 Å². The van der Waals surface area contributed by atoms with Gasteiger partial charge in [-0.15, -0.1) is 11.8 Å². The number of aromatic nitrogens is 2. The summed E-state index contributed by atoms with van der Waals surface area (Å²) in [5.41, 5.74) is 1.75. The van der Waals surface area contributed by atoms with Gasteiger partial charge in [0.1, 0.15) is 17.5 Å². The van der Waals surface area contributed by atoms with E-state index in [-0.39, 0.29) is 23.6 Å². The lowest BCUT2D eigenvalue weighted by Gasteiger charge is -2.43. The van der Waals surface area contributed by atoms with Crippen molar-refractivity contribution in [3.8, 4) is 0 Å². The van der Waals surface area contributed by atoms with E-state index in [0.29, 0.717) is 18.9 Å². The quantitative estimate of drug-likeness (QED) is 0.450. The molecule has 0 bridgehead atoms. The van der Waals surface area contributed by atoms with Crippen LogP contribution in [-0.2, 0) is 14.4 Å². The standard InChI is InChI=1S/C18H25N5O4S/c1-9-8-10(2)21-17(20-9)19-7-5-6-11(24)22-12-14(25)23-13(16(26)27)18(3,4)28-15(12)23/h8,12-13,15H,5-7H2,1-4H3,(H,22,24)(H,26,27)(H,19,20,21)/t12-,13+,15-/m1/s1. The molecular weight excluding hydrogens is 382 g/mol. The van der Waals surface area contributed by atoms with E-state index in [9.17, 15) is 19.5 Å². The lowest BCUT2D eigenvalue weighted by molar-refractivity contribution is -0.161. The van der Waals surface area contributed by atoms with Crippen molar-refractivity contribution in [1.29, 1.82) is 0 Å². The highest BCUT2D eigenvalue weighted by Crippen LogP contribution is 2.50. The number of fused-ring (bicyclic) bond motifs is 1. The number of nitrogens with zero attached hydrogens (tertiary/aromatic N) is 3. The topological polar surface area (TPSA) is 125 Å². The zero-order valence-corrected chi connectivity index (χ0v) is 17.2. The number of rotatable bonds is 7. The molecule has 152 valence electrons. The first-order valence-corrected chi connectivity index (χ1v) is 10.1. The van der Waals surface area contributed by atoms with Crippen LogP contribution in [0.25, 0.3) is 0 Å². The van der Waals surface area contributed by atoms with Crippen LogP contribution < -0.4 is 10.6 Å². The molecule has 2 amide bonds. The highest BCUT2D eigenvalue weighted by molar-refractivity contribution is 8.01. The minimum absolute atomic E-state index is 0.224. The molecule has 9 nitrogen and oxygen atoms in total. The van der Waals surface area contributed by atoms with E-state index in [1.165, 1.54) is 16.7 Å². The number of thioether (sulfide) groups is 1. The molecule has 0 unspecified atom stereocenters. The second kappa shape index (κ2) is 7.57. The third kappa shape index (κ3) is 3.91. The van der Waals surface area contributed by atoms with Crippen LogP contribution in [0.1, 0.15) is 38.1 Å². The van der Waals surface area contributed by atoms with Crippen LogP contribution in [0.5, 0.6) is 0 Å². The van der Waals surface area contributed by atoms with Crippen molar-refractivity contribution < 1.29 is 19.5 Å². The van der Waals surface area contributed by atoms with Crippen LogP contribution in [0.4, 0.5) is 5.95 Å². The Morgan fingerprint density at radius 1 is 1.29 bits per heavy atom. The van der Waals surface area contributed by atoms with Crippen LogP contribution in [0.3, 0.4) is 0 Å². The summed E-state index contributed by atoms with van der Waals surface area (Å²) in [6, 6.07) is 0.358. The highest BCUT2D eigenvalue weighted by Gasteiger charge is 2.64. The summed E-state index contributed by atoms with van der Waals surface area (Å²) in [6.45, 7) is 7.93. The molecule has 2 aliphatic heterocycles. The highest BCUT2D eigenvalue weighted by atomic mass is 32.2. The van der Waals surface area contributed by atoms with Crippen LogP contribution in [0.15, 0.2) is 6.07 Å². The molecule has 3 heterocycles. The maximum Gasteiger partial charge on any atom is 0.327 e. The maximum absolute atomic E-state index is 12.4. The van der Waals surface area contributed by atoms with Gasteiger partial charge < -0.3 is 20.6 Å². The number of aryl methyl sites for hydroxylation is 2. The van der Waals surface area contributed by atoms with Crippen LogP contribution in [-0.4, -0.2) is 66.5 Å². The molecular formula is C18H25N5O4S. The summed E-state index contributed by atoms with van der Waals surface area (Å²) in [7, 11) is 0. The predicted octanol–water partition coefficient (Wildman–Crippen LogP) is 0.917. The normalized spacial score (nSPS) is 25.1. The van der Waals surface area contributed by atoms with Gasteiger partial charge in [0, 0.05) is 29.1 Å². The SMILES string of the molecule is Cc1cc(C)nc(NCCCC(=O)N[C@@H]2C(=O)N3[C@@H]2SC(C)(C)[C@@H]3C(=O)O)n1. The maximum atomic E-state index is 12.4. The first kappa shape index (κ1) is 20.4. The summed E-state index contributed by atoms with van der Waals surface area (Å²) < 4.78 is -0.596. The van der Waals surface area contributed by atoms with Crippen LogP contribution in [0.2, 0.25) is 0 Å². The number of aliphatic carboxylic acids is 1. The molecule has 2 aliphatic rings. The van der Waals surface area contributed by atoms with E-state index >= 15 is 0 Å². The number of anilines is 1. The van der Waals surface area contributed by atoms with Crippen molar-refractivity contribution in [1.82, 2.24) is 20.2 Å². The Balaban J connectivity index is 1.46. The van der Waals surface area contributed by atoms with E-state index in [4.69, 9.17) is 0 Å². The van der Waals surface area contributed by atoms with E-state index in [2.05, 4.69) is 20.6 Å². The van der Waals surface area contributed by atoms with E-state index in [1.54, 1.807) is 0 Å². The van der Waals surface area contributed by atoms with Gasteiger partial charge in [0.25, 0.3) is 0 Å². The van der Waals surface area contributed by atoms with E-state index in [1.807, 2.05) is 33.8 Å². The summed E-state index contributed by atoms with van der Waals surface area (Å²) in [5.74, 6) is -1.03.